The molecule has 6 heteroatoms. The van der Waals surface area contributed by atoms with Crippen molar-refractivity contribution in [3.05, 3.63) is 0 Å². The number of rotatable bonds is 6. The molecule has 0 amide bonds. The van der Waals surface area contributed by atoms with E-state index in [1.165, 1.54) is 0 Å². The van der Waals surface area contributed by atoms with Crippen molar-refractivity contribution in [1.29, 1.82) is 0 Å². The summed E-state index contributed by atoms with van der Waals surface area (Å²) in [6.45, 7) is 1.83. The highest BCUT2D eigenvalue weighted by Gasteiger charge is 2.15. The van der Waals surface area contributed by atoms with Crippen molar-refractivity contribution in [2.24, 2.45) is 0 Å². The van der Waals surface area contributed by atoms with Crippen LogP contribution < -0.4 is 0 Å². The van der Waals surface area contributed by atoms with Gasteiger partial charge in [0.2, 0.25) is 0 Å². The molecular formula is C8H14O4S2. The van der Waals surface area contributed by atoms with Gasteiger partial charge in [0.25, 0.3) is 0 Å². The molecule has 0 aliphatic heterocycles. The summed E-state index contributed by atoms with van der Waals surface area (Å²) in [7, 11) is 0. The standard InChI is InChI=1S/C8H14O4S2/c1-2-5(9)4-12-8(14)6(10)3-7(11)13/h5-6,9-10H,2-4H2,1H3,(H,11,13). The summed E-state index contributed by atoms with van der Waals surface area (Å²) >= 11 is 8.19. The topological polar surface area (TPSA) is 66.8 Å². The van der Waals surface area contributed by atoms with Gasteiger partial charge >= 0.3 is 0 Å². The molecule has 4 nitrogen and oxygen atoms in total. The largest absolute Gasteiger partial charge is 0.482 e. The Bertz CT molecular complexity index is 208. The molecule has 0 aliphatic rings. The third kappa shape index (κ3) is 6.31. The first-order valence-corrected chi connectivity index (χ1v) is 5.07. The third-order valence-electron chi connectivity index (χ3n) is 1.53. The van der Waals surface area contributed by atoms with Crippen molar-refractivity contribution in [2.75, 3.05) is 6.61 Å². The van der Waals surface area contributed by atoms with Crippen molar-refractivity contribution < 1.29 is 19.7 Å². The normalized spacial score (nSPS) is 14.6. The van der Waals surface area contributed by atoms with Gasteiger partial charge in [0.05, 0.1) is 12.5 Å². The zero-order valence-electron chi connectivity index (χ0n) is 7.84. The average molecular weight is 238 g/mol. The van der Waals surface area contributed by atoms with Crippen LogP contribution in [0, 0.1) is 0 Å². The Balaban J connectivity index is 3.78. The van der Waals surface area contributed by atoms with Gasteiger partial charge in [-0.05, 0) is 18.6 Å². The van der Waals surface area contributed by atoms with Gasteiger partial charge in [0.1, 0.15) is 12.7 Å². The molecule has 0 radical (unpaired) electrons. The van der Waals surface area contributed by atoms with Crippen LogP contribution in [0.4, 0.5) is 0 Å². The zero-order valence-corrected chi connectivity index (χ0v) is 9.55. The lowest BCUT2D eigenvalue weighted by Gasteiger charge is -2.14. The number of ether oxygens (including phenoxy) is 1. The van der Waals surface area contributed by atoms with E-state index in [0.29, 0.717) is 6.42 Å². The number of carbonyl (C=O) groups excluding carboxylic acids is 1. The highest BCUT2D eigenvalue weighted by molar-refractivity contribution is 7.96. The van der Waals surface area contributed by atoms with E-state index in [1.54, 1.807) is 6.92 Å². The van der Waals surface area contributed by atoms with E-state index in [-0.39, 0.29) is 18.1 Å². The maximum atomic E-state index is 10.5. The number of carbonyl (C=O) groups is 1. The lowest BCUT2D eigenvalue weighted by atomic mass is 10.3. The van der Waals surface area contributed by atoms with Crippen LogP contribution in [0.15, 0.2) is 0 Å². The number of thiocarbonyl (C=S) groups is 1. The van der Waals surface area contributed by atoms with Gasteiger partial charge in [-0.2, -0.15) is 0 Å². The Morgan fingerprint density at radius 1 is 1.57 bits per heavy atom. The molecule has 82 valence electrons. The molecule has 0 saturated carbocycles. The smallest absolute Gasteiger partial charge is 0.189 e. The molecular weight excluding hydrogens is 224 g/mol. The number of hydrogen-bond donors (Lipinski definition) is 3. The van der Waals surface area contributed by atoms with Gasteiger partial charge in [0, 0.05) is 0 Å². The maximum Gasteiger partial charge on any atom is 0.189 e. The number of aliphatic hydroxyl groups is 2. The Morgan fingerprint density at radius 3 is 2.57 bits per heavy atom. The first kappa shape index (κ1) is 13.8. The average Bonchev–Trinajstić information content (AvgIpc) is 2.12. The lowest BCUT2D eigenvalue weighted by molar-refractivity contribution is -0.111. The summed E-state index contributed by atoms with van der Waals surface area (Å²) in [5, 5.41) is 17.8. The monoisotopic (exact) mass is 238 g/mol. The minimum atomic E-state index is -1.13. The molecule has 0 fully saturated rings. The SMILES string of the molecule is CCC(O)COC(=S)C(O)CC(=O)S. The fourth-order valence-corrected chi connectivity index (χ4v) is 0.965. The molecule has 0 aliphatic carbocycles. The summed E-state index contributed by atoms with van der Waals surface area (Å²) in [5.41, 5.74) is 0. The Kier molecular flexibility index (Phi) is 7.08. The zero-order chi connectivity index (χ0) is 11.1. The summed E-state index contributed by atoms with van der Waals surface area (Å²) in [5.74, 6) is 0. The highest BCUT2D eigenvalue weighted by atomic mass is 32.1. The van der Waals surface area contributed by atoms with E-state index >= 15 is 0 Å². The summed E-state index contributed by atoms with van der Waals surface area (Å²) in [4.78, 5) is 10.5. The van der Waals surface area contributed by atoms with Gasteiger partial charge < -0.3 is 14.9 Å². The predicted octanol–water partition coefficient (Wildman–Crippen LogP) is 0.309. The molecule has 0 aromatic heterocycles. The van der Waals surface area contributed by atoms with Crippen LogP contribution in [0.2, 0.25) is 0 Å². The summed E-state index contributed by atoms with van der Waals surface area (Å²) in [6.07, 6.45) is -1.36. The van der Waals surface area contributed by atoms with Crippen LogP contribution in [0.3, 0.4) is 0 Å². The predicted molar refractivity (Wildman–Crippen MR) is 59.5 cm³/mol. The van der Waals surface area contributed by atoms with Crippen LogP contribution >= 0.6 is 24.8 Å². The van der Waals surface area contributed by atoms with E-state index in [2.05, 4.69) is 12.6 Å². The lowest BCUT2D eigenvalue weighted by Crippen LogP contribution is -2.26. The Labute approximate surface area is 93.7 Å². The van der Waals surface area contributed by atoms with Crippen LogP contribution in [0.5, 0.6) is 0 Å². The van der Waals surface area contributed by atoms with E-state index < -0.39 is 17.3 Å². The molecule has 0 heterocycles. The molecule has 0 rings (SSSR count). The highest BCUT2D eigenvalue weighted by Crippen LogP contribution is 2.02. The molecule has 0 spiro atoms. The van der Waals surface area contributed by atoms with Crippen LogP contribution in [0.25, 0.3) is 0 Å². The van der Waals surface area contributed by atoms with Crippen molar-refractivity contribution in [1.82, 2.24) is 0 Å². The van der Waals surface area contributed by atoms with E-state index in [4.69, 9.17) is 22.1 Å². The van der Waals surface area contributed by atoms with Crippen molar-refractivity contribution in [3.63, 3.8) is 0 Å². The van der Waals surface area contributed by atoms with Gasteiger partial charge in [0.15, 0.2) is 10.2 Å². The molecule has 0 aromatic carbocycles. The number of thiol groups is 1. The first-order chi connectivity index (χ1) is 6.47. The quantitative estimate of drug-likeness (QED) is 0.459. The fourth-order valence-electron chi connectivity index (χ4n) is 0.641. The Morgan fingerprint density at radius 2 is 2.14 bits per heavy atom. The second-order valence-corrected chi connectivity index (χ2v) is 3.71. The molecule has 2 unspecified atom stereocenters. The van der Waals surface area contributed by atoms with E-state index in [9.17, 15) is 9.90 Å². The maximum absolute atomic E-state index is 10.5. The van der Waals surface area contributed by atoms with Crippen molar-refractivity contribution in [2.45, 2.75) is 32.0 Å². The number of hydrogen-bond acceptors (Lipinski definition) is 5. The molecule has 0 bridgehead atoms. The number of aliphatic hydroxyl groups excluding tert-OH is 2. The molecule has 0 saturated heterocycles. The van der Waals surface area contributed by atoms with Gasteiger partial charge in [-0.1, -0.05) is 6.92 Å². The van der Waals surface area contributed by atoms with Crippen LogP contribution in [-0.2, 0) is 9.53 Å². The minimum Gasteiger partial charge on any atom is -0.482 e. The van der Waals surface area contributed by atoms with Gasteiger partial charge in [-0.25, -0.2) is 0 Å². The van der Waals surface area contributed by atoms with Crippen LogP contribution in [0.1, 0.15) is 19.8 Å². The minimum absolute atomic E-state index is 0.0349. The Hall–Kier alpha value is -0.170. The second kappa shape index (κ2) is 7.17. The summed E-state index contributed by atoms with van der Waals surface area (Å²) in [6, 6.07) is 0. The first-order valence-electron chi connectivity index (χ1n) is 4.22. The third-order valence-corrected chi connectivity index (χ3v) is 2.10. The molecule has 2 N–H and O–H groups in total. The second-order valence-electron chi connectivity index (χ2n) is 2.81. The van der Waals surface area contributed by atoms with Gasteiger partial charge in [-0.15, -0.1) is 12.6 Å². The molecule has 0 aromatic rings. The van der Waals surface area contributed by atoms with Crippen molar-refractivity contribution >= 4 is 35.0 Å². The molecule has 14 heavy (non-hydrogen) atoms. The summed E-state index contributed by atoms with van der Waals surface area (Å²) < 4.78 is 4.90. The fraction of sp³-hybridized carbons (Fsp3) is 0.750. The molecule has 2 atom stereocenters. The van der Waals surface area contributed by atoms with Crippen LogP contribution in [-0.4, -0.2) is 39.2 Å². The van der Waals surface area contributed by atoms with E-state index in [0.717, 1.165) is 0 Å². The van der Waals surface area contributed by atoms with E-state index in [1.807, 2.05) is 0 Å². The van der Waals surface area contributed by atoms with Crippen molar-refractivity contribution in [3.8, 4) is 0 Å². The van der Waals surface area contributed by atoms with Gasteiger partial charge in [-0.3, -0.25) is 4.79 Å².